The first-order valence-corrected chi connectivity index (χ1v) is 32.3. The quantitative estimate of drug-likeness (QED) is 0.0654. The normalized spacial score (nSPS) is 12.9. The van der Waals surface area contributed by atoms with Gasteiger partial charge in [-0.05, 0) is 0 Å². The van der Waals surface area contributed by atoms with Gasteiger partial charge in [-0.25, -0.2) is 0 Å². The fourth-order valence-corrected chi connectivity index (χ4v) is 13.8. The number of para-hydroxylation sites is 4. The van der Waals surface area contributed by atoms with Gasteiger partial charge < -0.3 is 0 Å². The molecule has 0 aliphatic carbocycles. The van der Waals surface area contributed by atoms with E-state index in [1.165, 1.54) is 105 Å². The predicted molar refractivity (Wildman–Crippen MR) is 313 cm³/mol. The van der Waals surface area contributed by atoms with Crippen molar-refractivity contribution in [3.05, 3.63) is 141 Å². The molecule has 0 bridgehead atoms. The molecule has 10 heteroatoms. The molecule has 6 nitrogen and oxygen atoms in total. The monoisotopic (exact) mass is 1090 g/mol. The van der Waals surface area contributed by atoms with E-state index in [1.54, 1.807) is 0 Å². The Kier molecular flexibility index (Phi) is 25.5. The number of hydrogen-bond acceptors (Lipinski definition) is 6. The van der Waals surface area contributed by atoms with Crippen molar-refractivity contribution in [1.82, 2.24) is 0 Å². The van der Waals surface area contributed by atoms with Crippen molar-refractivity contribution in [3.63, 3.8) is 0 Å². The van der Waals surface area contributed by atoms with Gasteiger partial charge in [-0.3, -0.25) is 0 Å². The van der Waals surface area contributed by atoms with Crippen LogP contribution in [0.4, 0.5) is 22.7 Å². The number of nitrogens with zero attached hydrogens (tertiary/aromatic N) is 4. The summed E-state index contributed by atoms with van der Waals surface area (Å²) >= 11 is -0.657. The van der Waals surface area contributed by atoms with Crippen LogP contribution in [-0.4, -0.2) is 78.8 Å². The van der Waals surface area contributed by atoms with Crippen LogP contribution < -0.4 is 7.77 Å². The van der Waals surface area contributed by atoms with Gasteiger partial charge >= 0.3 is 463 Å². The summed E-state index contributed by atoms with van der Waals surface area (Å²) in [6.45, 7) is 45.0. The second-order valence-electron chi connectivity index (χ2n) is 21.7. The molecule has 4 rings (SSSR count). The minimum atomic E-state index is -1.68. The van der Waals surface area contributed by atoms with Gasteiger partial charge in [0.25, 0.3) is 0 Å². The van der Waals surface area contributed by atoms with Gasteiger partial charge in [0.1, 0.15) is 0 Å². The zero-order valence-corrected chi connectivity index (χ0v) is 54.8. The van der Waals surface area contributed by atoms with Crippen molar-refractivity contribution in [2.24, 2.45) is 9.98 Å². The zero-order valence-electron chi connectivity index (χ0n) is 47.6. The Bertz CT molecular complexity index is 2180. The SMILES string of the molecule is CC(/C=C(/C)[N](c1c(C(C)C)cccc1C(C)C)[Al]([CH3])[O][Ga])=Nc1c(C(C)C)cccc1C(C)C.CC(/C=C(/C)[N](c1c(C(C)C)cccc1C(C)C)[Al]([CH3])[O][Ga])=Nc1c(C(C)C)cccc1C(C)C. The average Bonchev–Trinajstić information content (AvgIpc) is 3.28. The Balaban J connectivity index is 0.000000370. The van der Waals surface area contributed by atoms with Gasteiger partial charge in [0, 0.05) is 0 Å². The van der Waals surface area contributed by atoms with E-state index in [1.807, 2.05) is 0 Å². The first kappa shape index (κ1) is 61.9. The standard InChI is InChI=1S/2C29H41N2.2CH3.2Al.2Ga.2O/c2*1-18(2)24-13-11-14-25(19(3)4)28(24)30-22(9)17-23(10)31-29-26(20(5)6)15-12-16-27(29)21(7)8;;;;;;;;/h2*11-21H,1-10H3;2*1H3;;;;;;/q2*-1;;;2*+1;;;;/b2*22-17-,31-23?;;;;;;;;. The van der Waals surface area contributed by atoms with Gasteiger partial charge in [-0.15, -0.1) is 0 Å². The molecule has 0 spiro atoms. The van der Waals surface area contributed by atoms with Crippen LogP contribution in [0.2, 0.25) is 11.6 Å². The number of allylic oxidation sites excluding steroid dienone is 4. The molecule has 0 unspecified atom stereocenters. The molecule has 0 saturated carbocycles. The van der Waals surface area contributed by atoms with Crippen LogP contribution >= 0.6 is 0 Å². The van der Waals surface area contributed by atoms with Crippen LogP contribution in [-0.2, 0) is 5.16 Å². The summed E-state index contributed by atoms with van der Waals surface area (Å²) in [5.74, 6) is 8.00. The molecule has 0 N–H and O–H groups in total. The molecule has 4 aromatic rings. The third kappa shape index (κ3) is 16.3. The van der Waals surface area contributed by atoms with Crippen molar-refractivity contribution < 1.29 is 5.16 Å². The van der Waals surface area contributed by atoms with Crippen LogP contribution in [0.1, 0.15) is 230 Å². The molecule has 0 saturated heterocycles. The Morgan fingerprint density at radius 2 is 0.600 bits per heavy atom. The van der Waals surface area contributed by atoms with Crippen LogP contribution in [0.5, 0.6) is 0 Å². The Labute approximate surface area is 458 Å². The Morgan fingerprint density at radius 3 is 0.786 bits per heavy atom. The van der Waals surface area contributed by atoms with E-state index in [2.05, 4.69) is 243 Å². The molecule has 0 amide bonds. The fourth-order valence-electron chi connectivity index (χ4n) is 9.43. The first-order chi connectivity index (χ1) is 32.8. The Morgan fingerprint density at radius 1 is 0.400 bits per heavy atom. The second-order valence-corrected chi connectivity index (χ2v) is 29.1. The van der Waals surface area contributed by atoms with E-state index in [-0.39, 0.29) is 0 Å². The summed E-state index contributed by atoms with van der Waals surface area (Å²) < 4.78 is 17.2. The van der Waals surface area contributed by atoms with E-state index in [9.17, 15) is 0 Å². The molecule has 4 radical (unpaired) electrons. The van der Waals surface area contributed by atoms with Gasteiger partial charge in [0.2, 0.25) is 0 Å². The van der Waals surface area contributed by atoms with Gasteiger partial charge in [-0.2, -0.15) is 0 Å². The van der Waals surface area contributed by atoms with Crippen molar-refractivity contribution in [3.8, 4) is 0 Å². The molecule has 372 valence electrons. The van der Waals surface area contributed by atoms with Crippen LogP contribution in [0.25, 0.3) is 0 Å². The molecular weight excluding hydrogens is 1000 g/mol. The number of benzene rings is 4. The summed E-state index contributed by atoms with van der Waals surface area (Å²) in [5, 5.41) is 0. The summed E-state index contributed by atoms with van der Waals surface area (Å²) in [4.78, 5) is 10.4. The van der Waals surface area contributed by atoms with Gasteiger partial charge in [0.05, 0.1) is 0 Å². The summed E-state index contributed by atoms with van der Waals surface area (Å²) in [5.41, 5.74) is 20.2. The van der Waals surface area contributed by atoms with E-state index in [0.717, 1.165) is 22.8 Å². The van der Waals surface area contributed by atoms with Crippen LogP contribution in [0.15, 0.2) is 106 Å². The van der Waals surface area contributed by atoms with E-state index < -0.39 is 29.4 Å². The fraction of sp³-hybridized carbons (Fsp3) is 0.500. The molecule has 0 aromatic heterocycles. The maximum absolute atomic E-state index is 6.10. The van der Waals surface area contributed by atoms with Gasteiger partial charge in [0.15, 0.2) is 0 Å². The molecule has 0 fully saturated rings. The minimum absolute atomic E-state index is 0.427. The van der Waals surface area contributed by atoms with Crippen molar-refractivity contribution in [2.45, 2.75) is 197 Å². The number of rotatable bonds is 20. The van der Waals surface area contributed by atoms with Crippen molar-refractivity contribution >= 4 is 102 Å². The molecule has 70 heavy (non-hydrogen) atoms. The average molecular weight is 1090 g/mol. The summed E-state index contributed by atoms with van der Waals surface area (Å²) in [7, 11) is 0. The van der Waals surface area contributed by atoms with Gasteiger partial charge in [-0.1, -0.05) is 0 Å². The molecule has 4 aromatic carbocycles. The number of aliphatic imine (C=N–C) groups is 2. The van der Waals surface area contributed by atoms with Crippen LogP contribution in [0.3, 0.4) is 0 Å². The summed E-state index contributed by atoms with van der Waals surface area (Å²) in [6.07, 6.45) is 4.50. The van der Waals surface area contributed by atoms with Crippen molar-refractivity contribution in [1.29, 1.82) is 0 Å². The van der Waals surface area contributed by atoms with Crippen molar-refractivity contribution in [2.75, 3.05) is 7.77 Å². The van der Waals surface area contributed by atoms with E-state index >= 15 is 0 Å². The second kappa shape index (κ2) is 28.9. The zero-order chi connectivity index (χ0) is 52.9. The molecule has 0 atom stereocenters. The van der Waals surface area contributed by atoms with E-state index in [0.29, 0.717) is 47.3 Å². The van der Waals surface area contributed by atoms with E-state index in [4.69, 9.17) is 15.1 Å². The molecule has 0 aliphatic heterocycles. The predicted octanol–water partition coefficient (Wildman–Crippen LogP) is 17.8. The first-order valence-electron chi connectivity index (χ1n) is 26.1. The number of anilines is 2. The topological polar surface area (TPSA) is 49.7 Å². The maximum atomic E-state index is 6.10. The molecular formula is C60H88Al2Ga2N4O2. The van der Waals surface area contributed by atoms with Crippen LogP contribution in [0, 0.1) is 0 Å². The third-order valence-electron chi connectivity index (χ3n) is 13.1. The third-order valence-corrected chi connectivity index (χ3v) is 21.7. The Hall–Kier alpha value is -2.44. The summed E-state index contributed by atoms with van der Waals surface area (Å²) in [6, 6.07) is 26.8. The number of hydrogen-bond donors (Lipinski definition) is 0. The molecule has 0 aliphatic rings. The molecule has 0 heterocycles.